The summed E-state index contributed by atoms with van der Waals surface area (Å²) in [5.41, 5.74) is 3.33. The normalized spacial score (nSPS) is 12.8. The Morgan fingerprint density at radius 2 is 1.27 bits per heavy atom. The minimum absolute atomic E-state index is 0.239. The third kappa shape index (κ3) is 4.06. The summed E-state index contributed by atoms with van der Waals surface area (Å²) in [5.74, 6) is 0.239. The van der Waals surface area contributed by atoms with E-state index < -0.39 is 5.60 Å². The van der Waals surface area contributed by atoms with Crippen molar-refractivity contribution in [1.82, 2.24) is 15.0 Å². The van der Waals surface area contributed by atoms with E-state index in [0.29, 0.717) is 27.5 Å². The fraction of sp³-hybridized carbons (Fsp3) is 0.0312. The summed E-state index contributed by atoms with van der Waals surface area (Å²) in [6.45, 7) is 0. The molecule has 0 radical (unpaired) electrons. The first-order valence-corrected chi connectivity index (χ1v) is 12.3. The average Bonchev–Trinajstić information content (AvgIpc) is 2.97. The van der Waals surface area contributed by atoms with Crippen molar-refractivity contribution < 1.29 is 5.11 Å². The quantitative estimate of drug-likeness (QED) is 0.270. The Morgan fingerprint density at radius 3 is 2.03 bits per heavy atom. The SMILES string of the molecule is OC(c1ccccc1)(c1nc(-c2ccccc2)c2cccnc2n1)c1ccccc1-c1ccccc1Cl. The number of hydrogen-bond donors (Lipinski definition) is 1. The van der Waals surface area contributed by atoms with Gasteiger partial charge in [0.05, 0.1) is 5.69 Å². The van der Waals surface area contributed by atoms with Gasteiger partial charge in [0.15, 0.2) is 17.1 Å². The van der Waals surface area contributed by atoms with Crippen LogP contribution in [0.15, 0.2) is 128 Å². The highest BCUT2D eigenvalue weighted by atomic mass is 35.5. The van der Waals surface area contributed by atoms with E-state index in [0.717, 1.165) is 22.1 Å². The molecule has 0 bridgehead atoms. The lowest BCUT2D eigenvalue weighted by molar-refractivity contribution is 0.116. The Labute approximate surface area is 219 Å². The molecule has 6 rings (SSSR count). The van der Waals surface area contributed by atoms with Crippen LogP contribution >= 0.6 is 11.6 Å². The maximum Gasteiger partial charge on any atom is 0.175 e. The number of fused-ring (bicyclic) bond motifs is 1. The summed E-state index contributed by atoms with van der Waals surface area (Å²) in [4.78, 5) is 14.4. The second kappa shape index (κ2) is 9.58. The van der Waals surface area contributed by atoms with Crippen molar-refractivity contribution in [2.75, 3.05) is 0 Å². The van der Waals surface area contributed by atoms with Crippen LogP contribution in [0.25, 0.3) is 33.4 Å². The van der Waals surface area contributed by atoms with Gasteiger partial charge in [0.25, 0.3) is 0 Å². The molecule has 0 saturated heterocycles. The fourth-order valence-corrected chi connectivity index (χ4v) is 4.98. The highest BCUT2D eigenvalue weighted by Crippen LogP contribution is 2.42. The van der Waals surface area contributed by atoms with Gasteiger partial charge in [0.1, 0.15) is 0 Å². The van der Waals surface area contributed by atoms with Crippen molar-refractivity contribution in [3.63, 3.8) is 0 Å². The Hall–Kier alpha value is -4.38. The molecular formula is C32H22ClN3O. The van der Waals surface area contributed by atoms with Gasteiger partial charge in [0, 0.05) is 33.3 Å². The molecular weight excluding hydrogens is 478 g/mol. The van der Waals surface area contributed by atoms with Crippen LogP contribution in [0, 0.1) is 0 Å². The molecule has 2 aromatic heterocycles. The van der Waals surface area contributed by atoms with Gasteiger partial charge in [-0.1, -0.05) is 115 Å². The first-order chi connectivity index (χ1) is 18.2. The summed E-state index contributed by atoms with van der Waals surface area (Å²) in [6, 6.07) is 38.5. The number of aliphatic hydroxyl groups is 1. The van der Waals surface area contributed by atoms with Crippen molar-refractivity contribution in [3.05, 3.63) is 149 Å². The molecule has 2 heterocycles. The predicted octanol–water partition coefficient (Wildman–Crippen LogP) is 7.30. The number of nitrogens with zero attached hydrogens (tertiary/aromatic N) is 3. The van der Waals surface area contributed by atoms with Gasteiger partial charge < -0.3 is 5.11 Å². The number of halogens is 1. The Bertz CT molecular complexity index is 1710. The van der Waals surface area contributed by atoms with Crippen LogP contribution in [-0.2, 0) is 5.60 Å². The smallest absolute Gasteiger partial charge is 0.175 e. The molecule has 1 N–H and O–H groups in total. The van der Waals surface area contributed by atoms with Crippen LogP contribution in [0.3, 0.4) is 0 Å². The monoisotopic (exact) mass is 499 g/mol. The lowest BCUT2D eigenvalue weighted by atomic mass is 9.81. The van der Waals surface area contributed by atoms with Crippen molar-refractivity contribution in [2.45, 2.75) is 5.60 Å². The first kappa shape index (κ1) is 23.0. The molecule has 178 valence electrons. The fourth-order valence-electron chi connectivity index (χ4n) is 4.74. The molecule has 0 spiro atoms. The van der Waals surface area contributed by atoms with Crippen LogP contribution < -0.4 is 0 Å². The number of pyridine rings is 1. The van der Waals surface area contributed by atoms with Crippen LogP contribution in [-0.4, -0.2) is 20.1 Å². The van der Waals surface area contributed by atoms with Crippen LogP contribution in [0.5, 0.6) is 0 Å². The van der Waals surface area contributed by atoms with Gasteiger partial charge in [-0.3, -0.25) is 0 Å². The van der Waals surface area contributed by atoms with E-state index in [-0.39, 0.29) is 5.82 Å². The van der Waals surface area contributed by atoms with Crippen molar-refractivity contribution >= 4 is 22.6 Å². The lowest BCUT2D eigenvalue weighted by Crippen LogP contribution is -2.32. The largest absolute Gasteiger partial charge is 0.373 e. The second-order valence-electron chi connectivity index (χ2n) is 8.74. The predicted molar refractivity (Wildman–Crippen MR) is 148 cm³/mol. The van der Waals surface area contributed by atoms with Crippen molar-refractivity contribution in [1.29, 1.82) is 0 Å². The third-order valence-electron chi connectivity index (χ3n) is 6.51. The van der Waals surface area contributed by atoms with Gasteiger partial charge in [-0.15, -0.1) is 0 Å². The first-order valence-electron chi connectivity index (χ1n) is 12.0. The standard InChI is InChI=1S/C32H22ClN3O/c33-28-20-10-8-17-25(28)24-16-7-9-19-27(24)32(37,23-14-5-2-6-15-23)31-35-29(22-12-3-1-4-13-22)26-18-11-21-34-30(26)36-31/h1-21,37H. The summed E-state index contributed by atoms with van der Waals surface area (Å²) in [7, 11) is 0. The molecule has 1 atom stereocenters. The lowest BCUT2D eigenvalue weighted by Gasteiger charge is -2.30. The molecule has 37 heavy (non-hydrogen) atoms. The molecule has 0 saturated carbocycles. The van der Waals surface area contributed by atoms with Crippen LogP contribution in [0.1, 0.15) is 17.0 Å². The van der Waals surface area contributed by atoms with Gasteiger partial charge >= 0.3 is 0 Å². The molecule has 0 aliphatic rings. The molecule has 4 nitrogen and oxygen atoms in total. The molecule has 5 heteroatoms. The second-order valence-corrected chi connectivity index (χ2v) is 9.15. The number of hydrogen-bond acceptors (Lipinski definition) is 4. The van der Waals surface area contributed by atoms with E-state index in [2.05, 4.69) is 4.98 Å². The summed E-state index contributed by atoms with van der Waals surface area (Å²) in [6.07, 6.45) is 1.70. The van der Waals surface area contributed by atoms with Gasteiger partial charge in [-0.25, -0.2) is 15.0 Å². The minimum atomic E-state index is -1.69. The molecule has 1 unspecified atom stereocenters. The summed E-state index contributed by atoms with van der Waals surface area (Å²) >= 11 is 6.63. The van der Waals surface area contributed by atoms with Gasteiger partial charge in [0.2, 0.25) is 0 Å². The summed E-state index contributed by atoms with van der Waals surface area (Å²) in [5, 5.41) is 14.2. The number of benzene rings is 4. The van der Waals surface area contributed by atoms with E-state index in [9.17, 15) is 5.11 Å². The zero-order valence-corrected chi connectivity index (χ0v) is 20.5. The highest BCUT2D eigenvalue weighted by molar-refractivity contribution is 6.33. The van der Waals surface area contributed by atoms with E-state index in [1.54, 1.807) is 6.20 Å². The molecule has 4 aromatic carbocycles. The van der Waals surface area contributed by atoms with E-state index in [4.69, 9.17) is 21.6 Å². The zero-order valence-electron chi connectivity index (χ0n) is 19.8. The number of rotatable bonds is 5. The molecule has 0 fully saturated rings. The highest BCUT2D eigenvalue weighted by Gasteiger charge is 2.40. The maximum absolute atomic E-state index is 12.8. The van der Waals surface area contributed by atoms with E-state index >= 15 is 0 Å². The minimum Gasteiger partial charge on any atom is -0.373 e. The van der Waals surface area contributed by atoms with Crippen LogP contribution in [0.2, 0.25) is 5.02 Å². The number of aromatic nitrogens is 3. The van der Waals surface area contributed by atoms with Gasteiger partial charge in [-0.2, -0.15) is 0 Å². The molecule has 0 amide bonds. The summed E-state index contributed by atoms with van der Waals surface area (Å²) < 4.78 is 0. The average molecular weight is 500 g/mol. The molecule has 0 aliphatic heterocycles. The van der Waals surface area contributed by atoms with Crippen molar-refractivity contribution in [3.8, 4) is 22.4 Å². The van der Waals surface area contributed by atoms with Crippen LogP contribution in [0.4, 0.5) is 0 Å². The van der Waals surface area contributed by atoms with E-state index in [1.165, 1.54) is 0 Å². The Balaban J connectivity index is 1.70. The topological polar surface area (TPSA) is 58.9 Å². The Kier molecular flexibility index (Phi) is 5.97. The van der Waals surface area contributed by atoms with Gasteiger partial charge in [-0.05, 0) is 29.3 Å². The molecule has 6 aromatic rings. The zero-order chi connectivity index (χ0) is 25.2. The maximum atomic E-state index is 12.8. The third-order valence-corrected chi connectivity index (χ3v) is 6.84. The van der Waals surface area contributed by atoms with Crippen molar-refractivity contribution in [2.24, 2.45) is 0 Å². The Morgan fingerprint density at radius 1 is 0.622 bits per heavy atom. The molecule has 0 aliphatic carbocycles. The van der Waals surface area contributed by atoms with E-state index in [1.807, 2.05) is 121 Å².